The average molecular weight is 300 g/mol. The number of amides is 1. The van der Waals surface area contributed by atoms with Gasteiger partial charge < -0.3 is 15.4 Å². The molecule has 1 aliphatic heterocycles. The Labute approximate surface area is 108 Å². The van der Waals surface area contributed by atoms with E-state index in [9.17, 15) is 4.79 Å². The highest BCUT2D eigenvalue weighted by atomic mass is 79.9. The maximum absolute atomic E-state index is 12.2. The summed E-state index contributed by atoms with van der Waals surface area (Å²) in [5.74, 6) is 0.170. The van der Waals surface area contributed by atoms with Crippen LogP contribution in [0.4, 0.5) is 5.82 Å². The first kappa shape index (κ1) is 12.3. The van der Waals surface area contributed by atoms with Crippen LogP contribution in [0, 0.1) is 0 Å². The molecule has 92 valence electrons. The zero-order valence-corrected chi connectivity index (χ0v) is 11.1. The van der Waals surface area contributed by atoms with Crippen molar-refractivity contribution in [2.24, 2.45) is 0 Å². The van der Waals surface area contributed by atoms with Crippen molar-refractivity contribution in [2.45, 2.75) is 13.0 Å². The lowest BCUT2D eigenvalue weighted by Gasteiger charge is -2.31. The molecule has 1 aromatic heterocycles. The Morgan fingerprint density at radius 3 is 3.18 bits per heavy atom. The Kier molecular flexibility index (Phi) is 3.63. The molecule has 0 bridgehead atoms. The summed E-state index contributed by atoms with van der Waals surface area (Å²) in [7, 11) is 0. The number of nitrogen functional groups attached to an aromatic ring is 1. The van der Waals surface area contributed by atoms with Crippen molar-refractivity contribution in [1.82, 2.24) is 9.88 Å². The van der Waals surface area contributed by atoms with Crippen molar-refractivity contribution >= 4 is 27.7 Å². The second-order valence-electron chi connectivity index (χ2n) is 4.02. The highest BCUT2D eigenvalue weighted by molar-refractivity contribution is 9.10. The molecular formula is C11H14BrN3O2. The highest BCUT2D eigenvalue weighted by Crippen LogP contribution is 2.18. The number of ether oxygens (including phenoxy) is 1. The predicted octanol–water partition coefficient (Wildman–Crippen LogP) is 1.29. The Balaban J connectivity index is 2.21. The zero-order valence-electron chi connectivity index (χ0n) is 9.52. The minimum Gasteiger partial charge on any atom is -0.383 e. The lowest BCUT2D eigenvalue weighted by atomic mass is 10.2. The molecule has 2 N–H and O–H groups in total. The van der Waals surface area contributed by atoms with Gasteiger partial charge in [0.1, 0.15) is 5.82 Å². The number of carbonyl (C=O) groups excluding carboxylic acids is 1. The van der Waals surface area contributed by atoms with Gasteiger partial charge in [-0.25, -0.2) is 4.98 Å². The van der Waals surface area contributed by atoms with Crippen molar-refractivity contribution in [3.05, 3.63) is 22.3 Å². The molecule has 0 radical (unpaired) electrons. The molecule has 1 atom stereocenters. The molecule has 1 aromatic rings. The lowest BCUT2D eigenvalue weighted by Crippen LogP contribution is -2.44. The molecule has 17 heavy (non-hydrogen) atoms. The maximum Gasteiger partial charge on any atom is 0.257 e. The van der Waals surface area contributed by atoms with Crippen LogP contribution in [0.3, 0.4) is 0 Å². The third kappa shape index (κ3) is 2.76. The molecule has 0 aromatic carbocycles. The molecule has 2 heterocycles. The molecule has 0 aliphatic carbocycles. The Morgan fingerprint density at radius 1 is 1.71 bits per heavy atom. The van der Waals surface area contributed by atoms with Crippen molar-refractivity contribution in [2.75, 3.05) is 25.4 Å². The summed E-state index contributed by atoms with van der Waals surface area (Å²) < 4.78 is 6.14. The van der Waals surface area contributed by atoms with Crippen LogP contribution in [0.15, 0.2) is 16.7 Å². The van der Waals surface area contributed by atoms with Crippen molar-refractivity contribution in [3.63, 3.8) is 0 Å². The van der Waals surface area contributed by atoms with E-state index in [2.05, 4.69) is 20.9 Å². The number of hydrogen-bond acceptors (Lipinski definition) is 4. The standard InChI is InChI=1S/C11H14BrN3O2/c1-7-6-15(2-3-17-7)11(16)9-4-8(12)5-14-10(9)13/h4-5,7H,2-3,6H2,1H3,(H2,13,14). The first-order valence-electron chi connectivity index (χ1n) is 5.40. The quantitative estimate of drug-likeness (QED) is 0.848. The number of nitrogens with two attached hydrogens (primary N) is 1. The maximum atomic E-state index is 12.2. The van der Waals surface area contributed by atoms with Crippen molar-refractivity contribution in [3.8, 4) is 0 Å². The van der Waals surface area contributed by atoms with Crippen LogP contribution >= 0.6 is 15.9 Å². The second kappa shape index (κ2) is 5.01. The molecule has 5 nitrogen and oxygen atoms in total. The third-order valence-corrected chi connectivity index (χ3v) is 3.08. The fraction of sp³-hybridized carbons (Fsp3) is 0.455. The molecule has 1 saturated heterocycles. The molecular weight excluding hydrogens is 286 g/mol. The number of nitrogens with zero attached hydrogens (tertiary/aromatic N) is 2. The van der Waals surface area contributed by atoms with Gasteiger partial charge in [0.2, 0.25) is 0 Å². The van der Waals surface area contributed by atoms with Gasteiger partial charge >= 0.3 is 0 Å². The van der Waals surface area contributed by atoms with E-state index in [4.69, 9.17) is 10.5 Å². The zero-order chi connectivity index (χ0) is 12.4. The SMILES string of the molecule is CC1CN(C(=O)c2cc(Br)cnc2N)CCO1. The number of anilines is 1. The number of pyridine rings is 1. The molecule has 1 unspecified atom stereocenters. The molecule has 1 fully saturated rings. The van der Waals surface area contributed by atoms with Gasteiger partial charge in [-0.15, -0.1) is 0 Å². The number of rotatable bonds is 1. The molecule has 1 amide bonds. The average Bonchev–Trinajstić information content (AvgIpc) is 2.31. The largest absolute Gasteiger partial charge is 0.383 e. The van der Waals surface area contributed by atoms with Crippen LogP contribution in [0.2, 0.25) is 0 Å². The summed E-state index contributed by atoms with van der Waals surface area (Å²) in [4.78, 5) is 18.0. The Hall–Kier alpha value is -1.14. The van der Waals surface area contributed by atoms with E-state index in [1.54, 1.807) is 17.2 Å². The number of morpholine rings is 1. The van der Waals surface area contributed by atoms with E-state index in [0.717, 1.165) is 4.47 Å². The second-order valence-corrected chi connectivity index (χ2v) is 4.93. The van der Waals surface area contributed by atoms with E-state index in [0.29, 0.717) is 25.3 Å². The van der Waals surface area contributed by atoms with Gasteiger partial charge in [-0.05, 0) is 28.9 Å². The van der Waals surface area contributed by atoms with Crippen LogP contribution in [0.25, 0.3) is 0 Å². The number of halogens is 1. The summed E-state index contributed by atoms with van der Waals surface area (Å²) in [5, 5.41) is 0. The summed E-state index contributed by atoms with van der Waals surface area (Å²) in [6.07, 6.45) is 1.64. The van der Waals surface area contributed by atoms with Crippen LogP contribution in [-0.2, 0) is 4.74 Å². The van der Waals surface area contributed by atoms with Gasteiger partial charge in [0, 0.05) is 23.8 Å². The first-order valence-corrected chi connectivity index (χ1v) is 6.19. The molecule has 0 saturated carbocycles. The van der Waals surface area contributed by atoms with Gasteiger partial charge in [0.15, 0.2) is 0 Å². The predicted molar refractivity (Wildman–Crippen MR) is 67.7 cm³/mol. The molecule has 6 heteroatoms. The van der Waals surface area contributed by atoms with E-state index in [-0.39, 0.29) is 17.8 Å². The van der Waals surface area contributed by atoms with E-state index < -0.39 is 0 Å². The smallest absolute Gasteiger partial charge is 0.257 e. The van der Waals surface area contributed by atoms with Gasteiger partial charge in [-0.1, -0.05) is 0 Å². The van der Waals surface area contributed by atoms with Gasteiger partial charge in [-0.2, -0.15) is 0 Å². The number of aromatic nitrogens is 1. The minimum absolute atomic E-state index is 0.0639. The lowest BCUT2D eigenvalue weighted by molar-refractivity contribution is -0.0124. The third-order valence-electron chi connectivity index (χ3n) is 2.64. The molecule has 1 aliphatic rings. The topological polar surface area (TPSA) is 68.5 Å². The Morgan fingerprint density at radius 2 is 2.47 bits per heavy atom. The van der Waals surface area contributed by atoms with Crippen LogP contribution in [-0.4, -0.2) is 41.6 Å². The van der Waals surface area contributed by atoms with Gasteiger partial charge in [-0.3, -0.25) is 4.79 Å². The fourth-order valence-corrected chi connectivity index (χ4v) is 2.13. The fourth-order valence-electron chi connectivity index (χ4n) is 1.79. The van der Waals surface area contributed by atoms with Crippen molar-refractivity contribution in [1.29, 1.82) is 0 Å². The Bertz CT molecular complexity index is 439. The first-order chi connectivity index (χ1) is 8.08. The van der Waals surface area contributed by atoms with Crippen LogP contribution < -0.4 is 5.73 Å². The van der Waals surface area contributed by atoms with Gasteiger partial charge in [0.25, 0.3) is 5.91 Å². The summed E-state index contributed by atoms with van der Waals surface area (Å²) in [6, 6.07) is 1.70. The van der Waals surface area contributed by atoms with Crippen LogP contribution in [0.5, 0.6) is 0 Å². The summed E-state index contributed by atoms with van der Waals surface area (Å²) in [5.41, 5.74) is 6.16. The van der Waals surface area contributed by atoms with E-state index in [1.165, 1.54) is 0 Å². The highest BCUT2D eigenvalue weighted by Gasteiger charge is 2.24. The van der Waals surface area contributed by atoms with Crippen LogP contribution in [0.1, 0.15) is 17.3 Å². The molecule has 2 rings (SSSR count). The summed E-state index contributed by atoms with van der Waals surface area (Å²) >= 11 is 3.29. The van der Waals surface area contributed by atoms with Gasteiger partial charge in [0.05, 0.1) is 18.3 Å². The normalized spacial score (nSPS) is 20.4. The summed E-state index contributed by atoms with van der Waals surface area (Å²) in [6.45, 7) is 3.69. The number of hydrogen-bond donors (Lipinski definition) is 1. The number of carbonyl (C=O) groups is 1. The van der Waals surface area contributed by atoms with E-state index >= 15 is 0 Å². The monoisotopic (exact) mass is 299 g/mol. The van der Waals surface area contributed by atoms with Crippen molar-refractivity contribution < 1.29 is 9.53 Å². The van der Waals surface area contributed by atoms with E-state index in [1.807, 2.05) is 6.92 Å². The molecule has 0 spiro atoms. The minimum atomic E-state index is -0.0912.